The van der Waals surface area contributed by atoms with E-state index in [1.807, 2.05) is 25.2 Å². The zero-order valence-electron chi connectivity index (χ0n) is 12.0. The Morgan fingerprint density at radius 2 is 1.61 bits per heavy atom. The molecule has 1 saturated heterocycles. The van der Waals surface area contributed by atoms with Crippen LogP contribution in [0.5, 0.6) is 0 Å². The average molecular weight is 248 g/mol. The van der Waals surface area contributed by atoms with E-state index in [2.05, 4.69) is 38.7 Å². The number of pyridine rings is 1. The van der Waals surface area contributed by atoms with Crippen molar-refractivity contribution in [1.82, 2.24) is 4.98 Å². The van der Waals surface area contributed by atoms with Crippen LogP contribution in [0.2, 0.25) is 0 Å². The number of nitrogens with zero attached hydrogens (tertiary/aromatic N) is 2. The molecule has 0 N–H and O–H groups in total. The van der Waals surface area contributed by atoms with E-state index >= 15 is 0 Å². The summed E-state index contributed by atoms with van der Waals surface area (Å²) >= 11 is 0. The van der Waals surface area contributed by atoms with E-state index in [4.69, 9.17) is 9.31 Å². The molecule has 0 amide bonds. The quantitative estimate of drug-likeness (QED) is 0.742. The number of anilines is 1. The van der Waals surface area contributed by atoms with Crippen molar-refractivity contribution in [2.75, 3.05) is 19.0 Å². The summed E-state index contributed by atoms with van der Waals surface area (Å²) in [6.45, 7) is 8.21. The summed E-state index contributed by atoms with van der Waals surface area (Å²) in [6, 6.07) is 2.05. The van der Waals surface area contributed by atoms with Gasteiger partial charge in [-0.1, -0.05) is 0 Å². The maximum absolute atomic E-state index is 6.00. The Balaban J connectivity index is 2.27. The monoisotopic (exact) mass is 248 g/mol. The Labute approximate surface area is 109 Å². The van der Waals surface area contributed by atoms with Crippen LogP contribution in [0.15, 0.2) is 18.5 Å². The molecule has 18 heavy (non-hydrogen) atoms. The first-order valence-electron chi connectivity index (χ1n) is 6.21. The second kappa shape index (κ2) is 4.25. The van der Waals surface area contributed by atoms with Gasteiger partial charge >= 0.3 is 7.12 Å². The van der Waals surface area contributed by atoms with Gasteiger partial charge in [-0.25, -0.2) is 0 Å². The van der Waals surface area contributed by atoms with Crippen molar-refractivity contribution in [3.8, 4) is 0 Å². The van der Waals surface area contributed by atoms with Crippen LogP contribution in [0.1, 0.15) is 27.7 Å². The SMILES string of the molecule is CN(C)c1cncc(B2OC(C)(C)C(C)(C)O2)c1. The first kappa shape index (κ1) is 13.4. The molecule has 4 nitrogen and oxygen atoms in total. The van der Waals surface area contributed by atoms with Crippen molar-refractivity contribution >= 4 is 18.3 Å². The van der Waals surface area contributed by atoms with Gasteiger partial charge in [0.05, 0.1) is 23.1 Å². The van der Waals surface area contributed by atoms with Gasteiger partial charge in [0.25, 0.3) is 0 Å². The number of hydrogen-bond acceptors (Lipinski definition) is 4. The van der Waals surface area contributed by atoms with Gasteiger partial charge in [-0.15, -0.1) is 0 Å². The van der Waals surface area contributed by atoms with E-state index in [0.717, 1.165) is 11.2 Å². The van der Waals surface area contributed by atoms with Crippen LogP contribution in [0.4, 0.5) is 5.69 Å². The van der Waals surface area contributed by atoms with Gasteiger partial charge in [-0.2, -0.15) is 0 Å². The second-order valence-electron chi connectivity index (χ2n) is 5.96. The summed E-state index contributed by atoms with van der Waals surface area (Å²) in [5, 5.41) is 0. The maximum atomic E-state index is 6.00. The van der Waals surface area contributed by atoms with Crippen molar-refractivity contribution in [3.63, 3.8) is 0 Å². The molecule has 1 aliphatic rings. The topological polar surface area (TPSA) is 34.6 Å². The minimum Gasteiger partial charge on any atom is -0.399 e. The molecular weight excluding hydrogens is 227 g/mol. The lowest BCUT2D eigenvalue weighted by Crippen LogP contribution is -2.41. The lowest BCUT2D eigenvalue weighted by molar-refractivity contribution is 0.00578. The molecule has 0 aliphatic carbocycles. The summed E-state index contributed by atoms with van der Waals surface area (Å²) in [5.41, 5.74) is 1.37. The third kappa shape index (κ3) is 2.25. The Kier molecular flexibility index (Phi) is 3.15. The fourth-order valence-corrected chi connectivity index (χ4v) is 1.80. The van der Waals surface area contributed by atoms with Crippen molar-refractivity contribution in [1.29, 1.82) is 0 Å². The molecule has 0 saturated carbocycles. The lowest BCUT2D eigenvalue weighted by Gasteiger charge is -2.32. The highest BCUT2D eigenvalue weighted by atomic mass is 16.7. The Hall–Kier alpha value is -1.07. The molecule has 0 bridgehead atoms. The summed E-state index contributed by atoms with van der Waals surface area (Å²) in [4.78, 5) is 6.26. The van der Waals surface area contributed by atoms with Crippen LogP contribution in [-0.2, 0) is 9.31 Å². The zero-order valence-corrected chi connectivity index (χ0v) is 12.0. The molecule has 0 atom stereocenters. The molecule has 98 valence electrons. The molecule has 1 fully saturated rings. The van der Waals surface area contributed by atoms with Crippen molar-refractivity contribution in [3.05, 3.63) is 18.5 Å². The molecule has 1 aromatic rings. The van der Waals surface area contributed by atoms with Crippen LogP contribution in [0.3, 0.4) is 0 Å². The van der Waals surface area contributed by atoms with Gasteiger partial charge in [0.2, 0.25) is 0 Å². The fraction of sp³-hybridized carbons (Fsp3) is 0.615. The third-order valence-corrected chi connectivity index (χ3v) is 3.79. The van der Waals surface area contributed by atoms with Gasteiger partial charge in [0.1, 0.15) is 0 Å². The van der Waals surface area contributed by atoms with E-state index in [9.17, 15) is 0 Å². The molecule has 0 unspecified atom stereocenters. The fourth-order valence-electron chi connectivity index (χ4n) is 1.80. The van der Waals surface area contributed by atoms with Crippen molar-refractivity contribution < 1.29 is 9.31 Å². The van der Waals surface area contributed by atoms with Crippen LogP contribution < -0.4 is 10.4 Å². The molecule has 0 radical (unpaired) electrons. The Morgan fingerprint density at radius 1 is 1.06 bits per heavy atom. The summed E-state index contributed by atoms with van der Waals surface area (Å²) in [6.07, 6.45) is 3.63. The van der Waals surface area contributed by atoms with Gasteiger partial charge in [0, 0.05) is 25.8 Å². The van der Waals surface area contributed by atoms with Crippen LogP contribution in [-0.4, -0.2) is 37.4 Å². The number of hydrogen-bond donors (Lipinski definition) is 0. The van der Waals surface area contributed by atoms with Gasteiger partial charge in [-0.05, 0) is 33.8 Å². The molecule has 5 heteroatoms. The van der Waals surface area contributed by atoms with Crippen molar-refractivity contribution in [2.45, 2.75) is 38.9 Å². The highest BCUT2D eigenvalue weighted by molar-refractivity contribution is 6.62. The molecule has 2 rings (SSSR count). The standard InChI is InChI=1S/C13H21BN2O2/c1-12(2)13(3,4)18-14(17-12)10-7-11(16(5)6)9-15-8-10/h7-9H,1-6H3. The second-order valence-corrected chi connectivity index (χ2v) is 5.96. The average Bonchev–Trinajstić information content (AvgIpc) is 2.48. The van der Waals surface area contributed by atoms with Crippen LogP contribution in [0, 0.1) is 0 Å². The first-order valence-corrected chi connectivity index (χ1v) is 6.21. The molecular formula is C13H21BN2O2. The van der Waals surface area contributed by atoms with E-state index in [0.29, 0.717) is 0 Å². The Bertz CT molecular complexity index is 430. The smallest absolute Gasteiger partial charge is 0.399 e. The summed E-state index contributed by atoms with van der Waals surface area (Å²) < 4.78 is 12.0. The van der Waals surface area contributed by atoms with Gasteiger partial charge in [0.15, 0.2) is 0 Å². The van der Waals surface area contributed by atoms with E-state index in [1.54, 1.807) is 6.20 Å². The van der Waals surface area contributed by atoms with Crippen molar-refractivity contribution in [2.24, 2.45) is 0 Å². The number of rotatable bonds is 2. The summed E-state index contributed by atoms with van der Waals surface area (Å²) in [7, 11) is 3.64. The molecule has 0 aromatic carbocycles. The zero-order chi connectivity index (χ0) is 13.6. The first-order chi connectivity index (χ1) is 8.23. The van der Waals surface area contributed by atoms with Crippen LogP contribution >= 0.6 is 0 Å². The molecule has 0 spiro atoms. The molecule has 2 heterocycles. The minimum absolute atomic E-state index is 0.314. The van der Waals surface area contributed by atoms with E-state index in [1.165, 1.54) is 0 Å². The van der Waals surface area contributed by atoms with E-state index < -0.39 is 0 Å². The van der Waals surface area contributed by atoms with E-state index in [-0.39, 0.29) is 18.3 Å². The predicted octanol–water partition coefficient (Wildman–Crippen LogP) is 1.45. The lowest BCUT2D eigenvalue weighted by atomic mass is 9.80. The van der Waals surface area contributed by atoms with Gasteiger partial charge in [-0.3, -0.25) is 4.98 Å². The molecule has 1 aromatic heterocycles. The molecule has 1 aliphatic heterocycles. The maximum Gasteiger partial charge on any atom is 0.496 e. The minimum atomic E-state index is -0.345. The highest BCUT2D eigenvalue weighted by Crippen LogP contribution is 2.36. The highest BCUT2D eigenvalue weighted by Gasteiger charge is 2.51. The predicted molar refractivity (Wildman–Crippen MR) is 74.3 cm³/mol. The Morgan fingerprint density at radius 3 is 2.11 bits per heavy atom. The largest absolute Gasteiger partial charge is 0.496 e. The normalized spacial score (nSPS) is 21.1. The van der Waals surface area contributed by atoms with Crippen LogP contribution in [0.25, 0.3) is 0 Å². The third-order valence-electron chi connectivity index (χ3n) is 3.79. The number of aromatic nitrogens is 1. The van der Waals surface area contributed by atoms with Gasteiger partial charge < -0.3 is 14.2 Å². The summed E-state index contributed by atoms with van der Waals surface area (Å²) in [5.74, 6) is 0.